The molecule has 0 unspecified atom stereocenters. The van der Waals surface area contributed by atoms with Crippen molar-refractivity contribution in [3.8, 4) is 22.8 Å². The smallest absolute Gasteiger partial charge is 0.213 e. The second kappa shape index (κ2) is 7.42. The van der Waals surface area contributed by atoms with Gasteiger partial charge in [-0.05, 0) is 35.4 Å². The number of nitrogens with zero attached hydrogens (tertiary/aromatic N) is 1. The molecule has 0 bridgehead atoms. The van der Waals surface area contributed by atoms with Gasteiger partial charge in [0.2, 0.25) is 5.88 Å². The predicted octanol–water partition coefficient (Wildman–Crippen LogP) is 4.15. The van der Waals surface area contributed by atoms with E-state index in [1.807, 2.05) is 48.5 Å². The Balaban J connectivity index is 1.76. The van der Waals surface area contributed by atoms with Gasteiger partial charge in [-0.15, -0.1) is 0 Å². The summed E-state index contributed by atoms with van der Waals surface area (Å²) in [4.78, 5) is 15.6. The summed E-state index contributed by atoms with van der Waals surface area (Å²) < 4.78 is 10.8. The van der Waals surface area contributed by atoms with Gasteiger partial charge in [-0.2, -0.15) is 0 Å². The predicted molar refractivity (Wildman–Crippen MR) is 92.4 cm³/mol. The number of hydrogen-bond donors (Lipinski definition) is 0. The van der Waals surface area contributed by atoms with Crippen LogP contribution in [0.1, 0.15) is 15.9 Å². The molecule has 1 heterocycles. The average molecular weight is 319 g/mol. The average Bonchev–Trinajstić information content (AvgIpc) is 2.67. The van der Waals surface area contributed by atoms with Gasteiger partial charge in [0.15, 0.2) is 6.29 Å². The molecule has 24 heavy (non-hydrogen) atoms. The first-order valence-corrected chi connectivity index (χ1v) is 7.56. The topological polar surface area (TPSA) is 48.4 Å². The Bertz CT molecular complexity index is 814. The highest BCUT2D eigenvalue weighted by molar-refractivity contribution is 5.88. The van der Waals surface area contributed by atoms with Crippen LogP contribution in [0.2, 0.25) is 0 Å². The molecule has 0 aliphatic heterocycles. The van der Waals surface area contributed by atoms with Crippen molar-refractivity contribution in [3.63, 3.8) is 0 Å². The van der Waals surface area contributed by atoms with Gasteiger partial charge in [0.1, 0.15) is 12.4 Å². The van der Waals surface area contributed by atoms with Gasteiger partial charge in [0.05, 0.1) is 7.11 Å². The number of methoxy groups -OCH3 is 1. The molecule has 0 amide bonds. The number of hydrogen-bond acceptors (Lipinski definition) is 4. The number of carbonyl (C=O) groups excluding carboxylic acids is 1. The monoisotopic (exact) mass is 319 g/mol. The number of carbonyl (C=O) groups is 1. The quantitative estimate of drug-likeness (QED) is 0.640. The molecule has 0 aliphatic rings. The fourth-order valence-corrected chi connectivity index (χ4v) is 2.38. The van der Waals surface area contributed by atoms with E-state index in [2.05, 4.69) is 4.98 Å². The first kappa shape index (κ1) is 15.7. The Labute approximate surface area is 140 Å². The van der Waals surface area contributed by atoms with Crippen LogP contribution in [0.15, 0.2) is 66.9 Å². The Morgan fingerprint density at radius 3 is 2.54 bits per heavy atom. The fourth-order valence-electron chi connectivity index (χ4n) is 2.38. The minimum Gasteiger partial charge on any atom is -0.497 e. The number of aromatic nitrogens is 1. The molecule has 0 aliphatic carbocycles. The van der Waals surface area contributed by atoms with E-state index in [-0.39, 0.29) is 0 Å². The van der Waals surface area contributed by atoms with Crippen LogP contribution in [-0.4, -0.2) is 18.4 Å². The van der Waals surface area contributed by atoms with Crippen LogP contribution in [0.3, 0.4) is 0 Å². The van der Waals surface area contributed by atoms with E-state index >= 15 is 0 Å². The summed E-state index contributed by atoms with van der Waals surface area (Å²) in [6.07, 6.45) is 2.52. The minimum absolute atomic E-state index is 0.468. The van der Waals surface area contributed by atoms with E-state index in [0.717, 1.165) is 23.0 Å². The Morgan fingerprint density at radius 2 is 1.88 bits per heavy atom. The largest absolute Gasteiger partial charge is 0.497 e. The number of benzene rings is 2. The number of rotatable bonds is 6. The molecular weight excluding hydrogens is 302 g/mol. The van der Waals surface area contributed by atoms with Gasteiger partial charge in [-0.25, -0.2) is 4.98 Å². The van der Waals surface area contributed by atoms with E-state index in [0.29, 0.717) is 23.8 Å². The summed E-state index contributed by atoms with van der Waals surface area (Å²) in [6, 6.07) is 19.0. The van der Waals surface area contributed by atoms with Gasteiger partial charge in [0.25, 0.3) is 0 Å². The fraction of sp³-hybridized carbons (Fsp3) is 0.100. The summed E-state index contributed by atoms with van der Waals surface area (Å²) in [5.41, 5.74) is 3.32. The Hall–Kier alpha value is -3.14. The van der Waals surface area contributed by atoms with Crippen LogP contribution < -0.4 is 9.47 Å². The maximum atomic E-state index is 11.3. The molecule has 4 heteroatoms. The first-order valence-electron chi connectivity index (χ1n) is 7.56. The van der Waals surface area contributed by atoms with Gasteiger partial charge >= 0.3 is 0 Å². The van der Waals surface area contributed by atoms with E-state index in [1.54, 1.807) is 25.4 Å². The van der Waals surface area contributed by atoms with Gasteiger partial charge in [-0.1, -0.05) is 30.3 Å². The molecule has 0 fully saturated rings. The molecule has 0 atom stereocenters. The highest BCUT2D eigenvalue weighted by atomic mass is 16.5. The Kier molecular flexibility index (Phi) is 4.87. The van der Waals surface area contributed by atoms with Crippen LogP contribution in [0.4, 0.5) is 0 Å². The molecule has 0 N–H and O–H groups in total. The van der Waals surface area contributed by atoms with E-state index in [1.165, 1.54) is 0 Å². The van der Waals surface area contributed by atoms with Crippen molar-refractivity contribution >= 4 is 6.29 Å². The zero-order valence-electron chi connectivity index (χ0n) is 13.3. The van der Waals surface area contributed by atoms with Crippen LogP contribution in [0.25, 0.3) is 11.1 Å². The van der Waals surface area contributed by atoms with Crippen molar-refractivity contribution < 1.29 is 14.3 Å². The maximum absolute atomic E-state index is 11.3. The van der Waals surface area contributed by atoms with Gasteiger partial charge in [0, 0.05) is 23.4 Å². The molecule has 0 spiro atoms. The summed E-state index contributed by atoms with van der Waals surface area (Å²) in [7, 11) is 1.57. The first-order chi connectivity index (χ1) is 11.8. The molecule has 0 saturated carbocycles. The third-order valence-electron chi connectivity index (χ3n) is 3.66. The Morgan fingerprint density at radius 1 is 1.04 bits per heavy atom. The number of aldehydes is 1. The molecule has 3 aromatic rings. The van der Waals surface area contributed by atoms with Crippen molar-refractivity contribution in [2.24, 2.45) is 0 Å². The molecule has 0 saturated heterocycles. The van der Waals surface area contributed by atoms with Crippen molar-refractivity contribution in [2.45, 2.75) is 6.61 Å². The molecule has 3 rings (SSSR count). The van der Waals surface area contributed by atoms with Gasteiger partial charge < -0.3 is 9.47 Å². The standard InChI is InChI=1S/C20H17NO3/c1-23-18-8-9-19(17(11-18)13-22)16-7-10-20(21-12-16)24-14-15-5-3-2-4-6-15/h2-13H,14H2,1H3. The maximum Gasteiger partial charge on any atom is 0.213 e. The number of pyridine rings is 1. The lowest BCUT2D eigenvalue weighted by Crippen LogP contribution is -1.97. The van der Waals surface area contributed by atoms with Crippen molar-refractivity contribution in [1.82, 2.24) is 4.98 Å². The summed E-state index contributed by atoms with van der Waals surface area (Å²) in [6.45, 7) is 0.468. The van der Waals surface area contributed by atoms with E-state index in [4.69, 9.17) is 9.47 Å². The lowest BCUT2D eigenvalue weighted by Gasteiger charge is -2.09. The molecule has 4 nitrogen and oxygen atoms in total. The lowest BCUT2D eigenvalue weighted by atomic mass is 10.0. The van der Waals surface area contributed by atoms with Crippen LogP contribution >= 0.6 is 0 Å². The SMILES string of the molecule is COc1ccc(-c2ccc(OCc3ccccc3)nc2)c(C=O)c1. The van der Waals surface area contributed by atoms with Crippen molar-refractivity contribution in [3.05, 3.63) is 78.0 Å². The lowest BCUT2D eigenvalue weighted by molar-refractivity contribution is 0.112. The van der Waals surface area contributed by atoms with E-state index < -0.39 is 0 Å². The van der Waals surface area contributed by atoms with Crippen LogP contribution in [0.5, 0.6) is 11.6 Å². The summed E-state index contributed by atoms with van der Waals surface area (Å²) in [5.74, 6) is 1.19. The van der Waals surface area contributed by atoms with Crippen LogP contribution in [0, 0.1) is 0 Å². The molecule has 0 radical (unpaired) electrons. The molecule has 1 aromatic heterocycles. The molecule has 2 aromatic carbocycles. The normalized spacial score (nSPS) is 10.2. The van der Waals surface area contributed by atoms with E-state index in [9.17, 15) is 4.79 Å². The van der Waals surface area contributed by atoms with Crippen molar-refractivity contribution in [2.75, 3.05) is 7.11 Å². The second-order valence-electron chi connectivity index (χ2n) is 5.23. The zero-order valence-corrected chi connectivity index (χ0v) is 13.3. The third kappa shape index (κ3) is 3.60. The second-order valence-corrected chi connectivity index (χ2v) is 5.23. The third-order valence-corrected chi connectivity index (χ3v) is 3.66. The molecule has 120 valence electrons. The summed E-state index contributed by atoms with van der Waals surface area (Å²) in [5, 5.41) is 0. The highest BCUT2D eigenvalue weighted by Crippen LogP contribution is 2.27. The number of ether oxygens (including phenoxy) is 2. The highest BCUT2D eigenvalue weighted by Gasteiger charge is 2.07. The summed E-state index contributed by atoms with van der Waals surface area (Å²) >= 11 is 0. The molecular formula is C20H17NO3. The minimum atomic E-state index is 0.468. The van der Waals surface area contributed by atoms with Gasteiger partial charge in [-0.3, -0.25) is 4.79 Å². The zero-order chi connectivity index (χ0) is 16.8. The van der Waals surface area contributed by atoms with Crippen LogP contribution in [-0.2, 0) is 6.61 Å². The van der Waals surface area contributed by atoms with Crippen molar-refractivity contribution in [1.29, 1.82) is 0 Å².